The lowest BCUT2D eigenvalue weighted by Crippen LogP contribution is -2.37. The molecule has 0 saturated carbocycles. The smallest absolute Gasteiger partial charge is 0.268 e. The predicted octanol–water partition coefficient (Wildman–Crippen LogP) is 3.13. The Labute approximate surface area is 158 Å². The van der Waals surface area contributed by atoms with Gasteiger partial charge in [-0.15, -0.1) is 0 Å². The highest BCUT2D eigenvalue weighted by molar-refractivity contribution is 5.98. The van der Waals surface area contributed by atoms with E-state index < -0.39 is 0 Å². The highest BCUT2D eigenvalue weighted by atomic mass is 16.2. The van der Waals surface area contributed by atoms with Crippen LogP contribution in [0.25, 0.3) is 10.9 Å². The van der Waals surface area contributed by atoms with Gasteiger partial charge in [-0.3, -0.25) is 9.59 Å². The van der Waals surface area contributed by atoms with Gasteiger partial charge in [0.05, 0.1) is 6.04 Å². The molecule has 27 heavy (non-hydrogen) atoms. The van der Waals surface area contributed by atoms with E-state index in [9.17, 15) is 9.59 Å². The molecule has 1 aromatic heterocycles. The SMILES string of the molecule is O=C(N[C@@H]1CC(=O)N(CCCc2ccccc2)C1)c1cc2ccccc2[nH]1. The lowest BCUT2D eigenvalue weighted by molar-refractivity contribution is -0.127. The number of aromatic nitrogens is 1. The number of aryl methyl sites for hydroxylation is 1. The number of aromatic amines is 1. The highest BCUT2D eigenvalue weighted by Crippen LogP contribution is 2.16. The summed E-state index contributed by atoms with van der Waals surface area (Å²) < 4.78 is 0. The fourth-order valence-corrected chi connectivity index (χ4v) is 3.66. The van der Waals surface area contributed by atoms with Crippen LogP contribution in [0.5, 0.6) is 0 Å². The summed E-state index contributed by atoms with van der Waals surface area (Å²) in [6, 6.07) is 19.8. The van der Waals surface area contributed by atoms with Crippen molar-refractivity contribution in [1.82, 2.24) is 15.2 Å². The average Bonchev–Trinajstić information content (AvgIpc) is 3.26. The maximum Gasteiger partial charge on any atom is 0.268 e. The van der Waals surface area contributed by atoms with E-state index in [1.165, 1.54) is 5.56 Å². The monoisotopic (exact) mass is 361 g/mol. The van der Waals surface area contributed by atoms with Gasteiger partial charge in [0.1, 0.15) is 5.69 Å². The van der Waals surface area contributed by atoms with Crippen molar-refractivity contribution in [2.24, 2.45) is 0 Å². The van der Waals surface area contributed by atoms with Gasteiger partial charge in [-0.1, -0.05) is 48.5 Å². The molecular formula is C22H23N3O2. The summed E-state index contributed by atoms with van der Waals surface area (Å²) in [7, 11) is 0. The van der Waals surface area contributed by atoms with Crippen molar-refractivity contribution < 1.29 is 9.59 Å². The number of fused-ring (bicyclic) bond motifs is 1. The molecule has 2 aromatic carbocycles. The molecule has 0 spiro atoms. The Hall–Kier alpha value is -3.08. The summed E-state index contributed by atoms with van der Waals surface area (Å²) in [6.45, 7) is 1.31. The van der Waals surface area contributed by atoms with E-state index in [1.54, 1.807) is 0 Å². The summed E-state index contributed by atoms with van der Waals surface area (Å²) in [5.41, 5.74) is 2.76. The molecule has 5 nitrogen and oxygen atoms in total. The van der Waals surface area contributed by atoms with E-state index in [1.807, 2.05) is 53.4 Å². The molecule has 1 atom stereocenters. The van der Waals surface area contributed by atoms with Gasteiger partial charge in [0.15, 0.2) is 0 Å². The molecule has 3 aromatic rings. The third kappa shape index (κ3) is 4.03. The van der Waals surface area contributed by atoms with E-state index in [0.29, 0.717) is 18.7 Å². The molecule has 1 saturated heterocycles. The maximum absolute atomic E-state index is 12.5. The first-order valence-corrected chi connectivity index (χ1v) is 9.39. The first kappa shape index (κ1) is 17.3. The fourth-order valence-electron chi connectivity index (χ4n) is 3.66. The maximum atomic E-state index is 12.5. The van der Waals surface area contributed by atoms with Crippen molar-refractivity contribution in [2.75, 3.05) is 13.1 Å². The summed E-state index contributed by atoms with van der Waals surface area (Å²) in [4.78, 5) is 29.8. The van der Waals surface area contributed by atoms with Gasteiger partial charge in [-0.25, -0.2) is 0 Å². The first-order chi connectivity index (χ1) is 13.2. The first-order valence-electron chi connectivity index (χ1n) is 9.39. The number of rotatable bonds is 6. The second kappa shape index (κ2) is 7.66. The molecule has 0 bridgehead atoms. The highest BCUT2D eigenvalue weighted by Gasteiger charge is 2.30. The summed E-state index contributed by atoms with van der Waals surface area (Å²) in [5, 5.41) is 4.00. The number of benzene rings is 2. The van der Waals surface area contributed by atoms with Gasteiger partial charge in [0.25, 0.3) is 5.91 Å². The molecule has 2 heterocycles. The quantitative estimate of drug-likeness (QED) is 0.708. The fraction of sp³-hybridized carbons (Fsp3) is 0.273. The van der Waals surface area contributed by atoms with E-state index >= 15 is 0 Å². The predicted molar refractivity (Wildman–Crippen MR) is 106 cm³/mol. The Balaban J connectivity index is 1.30. The van der Waals surface area contributed by atoms with Crippen molar-refractivity contribution in [3.63, 3.8) is 0 Å². The second-order valence-corrected chi connectivity index (χ2v) is 7.07. The van der Waals surface area contributed by atoms with Gasteiger partial charge in [-0.2, -0.15) is 0 Å². The normalized spacial score (nSPS) is 16.8. The number of para-hydroxylation sites is 1. The van der Waals surface area contributed by atoms with Crippen molar-refractivity contribution in [1.29, 1.82) is 0 Å². The summed E-state index contributed by atoms with van der Waals surface area (Å²) in [5.74, 6) is -0.0415. The van der Waals surface area contributed by atoms with Crippen LogP contribution in [-0.4, -0.2) is 40.8 Å². The van der Waals surface area contributed by atoms with Crippen LogP contribution in [0.15, 0.2) is 60.7 Å². The number of likely N-dealkylation sites (tertiary alicyclic amines) is 1. The van der Waals surface area contributed by atoms with Gasteiger partial charge in [0, 0.05) is 30.4 Å². The molecular weight excluding hydrogens is 338 g/mol. The van der Waals surface area contributed by atoms with Crippen LogP contribution in [0.1, 0.15) is 28.9 Å². The van der Waals surface area contributed by atoms with Crippen LogP contribution in [0.2, 0.25) is 0 Å². The van der Waals surface area contributed by atoms with Gasteiger partial charge < -0.3 is 15.2 Å². The zero-order chi connectivity index (χ0) is 18.6. The number of H-pyrrole nitrogens is 1. The summed E-state index contributed by atoms with van der Waals surface area (Å²) in [6.07, 6.45) is 2.26. The van der Waals surface area contributed by atoms with Crippen molar-refractivity contribution in [3.05, 3.63) is 71.9 Å². The number of amides is 2. The van der Waals surface area contributed by atoms with Crippen LogP contribution in [-0.2, 0) is 11.2 Å². The van der Waals surface area contributed by atoms with Gasteiger partial charge in [0.2, 0.25) is 5.91 Å². The van der Waals surface area contributed by atoms with Crippen LogP contribution in [0.4, 0.5) is 0 Å². The van der Waals surface area contributed by atoms with E-state index in [2.05, 4.69) is 22.4 Å². The minimum absolute atomic E-state index is 0.116. The minimum Gasteiger partial charge on any atom is -0.351 e. The molecule has 2 N–H and O–H groups in total. The number of carbonyl (C=O) groups excluding carboxylic acids is 2. The molecule has 1 aliphatic heterocycles. The Morgan fingerprint density at radius 2 is 1.89 bits per heavy atom. The number of hydrogen-bond acceptors (Lipinski definition) is 2. The van der Waals surface area contributed by atoms with E-state index in [0.717, 1.165) is 30.3 Å². The van der Waals surface area contributed by atoms with Crippen molar-refractivity contribution in [3.8, 4) is 0 Å². The number of carbonyl (C=O) groups is 2. The molecule has 138 valence electrons. The second-order valence-electron chi connectivity index (χ2n) is 7.07. The number of nitrogens with zero attached hydrogens (tertiary/aromatic N) is 1. The zero-order valence-electron chi connectivity index (χ0n) is 15.2. The van der Waals surface area contributed by atoms with Crippen LogP contribution >= 0.6 is 0 Å². The lowest BCUT2D eigenvalue weighted by Gasteiger charge is -2.17. The Morgan fingerprint density at radius 3 is 2.70 bits per heavy atom. The summed E-state index contributed by atoms with van der Waals surface area (Å²) >= 11 is 0. The Morgan fingerprint density at radius 1 is 1.11 bits per heavy atom. The van der Waals surface area contributed by atoms with Crippen molar-refractivity contribution in [2.45, 2.75) is 25.3 Å². The van der Waals surface area contributed by atoms with Crippen LogP contribution < -0.4 is 5.32 Å². The third-order valence-electron chi connectivity index (χ3n) is 5.06. The molecule has 0 aliphatic carbocycles. The van der Waals surface area contributed by atoms with Gasteiger partial charge >= 0.3 is 0 Å². The molecule has 5 heteroatoms. The van der Waals surface area contributed by atoms with Crippen LogP contribution in [0.3, 0.4) is 0 Å². The zero-order valence-corrected chi connectivity index (χ0v) is 15.2. The standard InChI is InChI=1S/C22H23N3O2/c26-21-14-18(15-25(21)12-6-9-16-7-2-1-3-8-16)23-22(27)20-13-17-10-4-5-11-19(17)24-20/h1-5,7-8,10-11,13,18,24H,6,9,12,14-15H2,(H,23,27)/t18-/m1/s1. The number of hydrogen-bond donors (Lipinski definition) is 2. The van der Waals surface area contributed by atoms with Crippen molar-refractivity contribution >= 4 is 22.7 Å². The largest absolute Gasteiger partial charge is 0.351 e. The molecule has 1 fully saturated rings. The van der Waals surface area contributed by atoms with Gasteiger partial charge in [-0.05, 0) is 30.5 Å². The van der Waals surface area contributed by atoms with E-state index in [4.69, 9.17) is 0 Å². The Kier molecular flexibility index (Phi) is 4.92. The minimum atomic E-state index is -0.157. The molecule has 2 amide bonds. The van der Waals surface area contributed by atoms with E-state index in [-0.39, 0.29) is 17.9 Å². The molecule has 0 unspecified atom stereocenters. The molecule has 4 rings (SSSR count). The average molecular weight is 361 g/mol. The van der Waals surface area contributed by atoms with Crippen LogP contribution in [0, 0.1) is 0 Å². The topological polar surface area (TPSA) is 65.2 Å². The Bertz CT molecular complexity index is 915. The molecule has 1 aliphatic rings. The third-order valence-corrected chi connectivity index (χ3v) is 5.06. The number of nitrogens with one attached hydrogen (secondary N) is 2. The molecule has 0 radical (unpaired) electrons. The lowest BCUT2D eigenvalue weighted by atomic mass is 10.1.